The van der Waals surface area contributed by atoms with Gasteiger partial charge in [0.1, 0.15) is 23.9 Å². The van der Waals surface area contributed by atoms with Gasteiger partial charge in [0.15, 0.2) is 5.82 Å². The number of carbonyl (C=O) groups excluding carboxylic acids is 1. The first-order valence-electron chi connectivity index (χ1n) is 11.7. The highest BCUT2D eigenvalue weighted by molar-refractivity contribution is 5.98. The van der Waals surface area contributed by atoms with Crippen LogP contribution in [0.15, 0.2) is 48.8 Å². The van der Waals surface area contributed by atoms with Crippen molar-refractivity contribution in [3.05, 3.63) is 71.6 Å². The second-order valence-corrected chi connectivity index (χ2v) is 9.43. The maximum Gasteiger partial charge on any atom is 0.419 e. The second kappa shape index (κ2) is 9.15. The fourth-order valence-electron chi connectivity index (χ4n) is 5.02. The Morgan fingerprint density at radius 3 is 2.39 bits per heavy atom. The van der Waals surface area contributed by atoms with Gasteiger partial charge in [-0.2, -0.15) is 13.2 Å². The van der Waals surface area contributed by atoms with Crippen molar-refractivity contribution in [1.29, 1.82) is 0 Å². The largest absolute Gasteiger partial charge is 0.491 e. The quantitative estimate of drug-likeness (QED) is 0.444. The van der Waals surface area contributed by atoms with E-state index < -0.39 is 11.7 Å². The van der Waals surface area contributed by atoms with Crippen molar-refractivity contribution < 1.29 is 27.1 Å². The topological polar surface area (TPSA) is 68.2 Å². The van der Waals surface area contributed by atoms with Crippen LogP contribution in [0.1, 0.15) is 41.5 Å². The maximum absolute atomic E-state index is 13.9. The number of benzene rings is 1. The molecule has 0 radical (unpaired) electrons. The lowest BCUT2D eigenvalue weighted by molar-refractivity contribution is -0.138. The first kappa shape index (κ1) is 24.1. The van der Waals surface area contributed by atoms with Gasteiger partial charge in [0.25, 0.3) is 5.91 Å². The molecule has 0 spiro atoms. The Morgan fingerprint density at radius 1 is 1.08 bits per heavy atom. The number of carbonyl (C=O) groups is 1. The molecule has 2 bridgehead atoms. The lowest BCUT2D eigenvalue weighted by Crippen LogP contribution is -2.64. The molecule has 36 heavy (non-hydrogen) atoms. The van der Waals surface area contributed by atoms with E-state index in [0.29, 0.717) is 29.8 Å². The molecule has 2 atom stereocenters. The van der Waals surface area contributed by atoms with E-state index in [1.807, 2.05) is 0 Å². The number of hydrogen-bond acceptors (Lipinski definition) is 5. The summed E-state index contributed by atoms with van der Waals surface area (Å²) in [6, 6.07) is 8.75. The molecule has 1 amide bonds. The second-order valence-electron chi connectivity index (χ2n) is 9.43. The Kier molecular flexibility index (Phi) is 6.13. The molecule has 1 aromatic carbocycles. The summed E-state index contributed by atoms with van der Waals surface area (Å²) in [5.74, 6) is 0.436. The van der Waals surface area contributed by atoms with Gasteiger partial charge in [-0.15, -0.1) is 0 Å². The fraction of sp³-hybridized carbons (Fsp3) is 0.385. The maximum atomic E-state index is 13.9. The van der Waals surface area contributed by atoms with Gasteiger partial charge < -0.3 is 9.64 Å². The highest BCUT2D eigenvalue weighted by atomic mass is 19.4. The third kappa shape index (κ3) is 4.52. The van der Waals surface area contributed by atoms with Crippen molar-refractivity contribution in [3.63, 3.8) is 0 Å². The van der Waals surface area contributed by atoms with Gasteiger partial charge in [0, 0.05) is 24.1 Å². The number of piperidine rings is 2. The van der Waals surface area contributed by atoms with Crippen molar-refractivity contribution in [2.24, 2.45) is 11.8 Å². The Hall–Kier alpha value is -3.56. The van der Waals surface area contributed by atoms with Gasteiger partial charge in [-0.25, -0.2) is 19.3 Å². The molecule has 0 N–H and O–H groups in total. The van der Waals surface area contributed by atoms with E-state index in [-0.39, 0.29) is 53.4 Å². The van der Waals surface area contributed by atoms with Crippen molar-refractivity contribution in [3.8, 4) is 17.1 Å². The van der Waals surface area contributed by atoms with Gasteiger partial charge in [0.2, 0.25) is 0 Å². The van der Waals surface area contributed by atoms with E-state index in [1.54, 1.807) is 24.0 Å². The van der Waals surface area contributed by atoms with Crippen molar-refractivity contribution in [2.75, 3.05) is 6.61 Å². The molecule has 1 aliphatic carbocycles. The Balaban J connectivity index is 1.45. The van der Waals surface area contributed by atoms with E-state index in [0.717, 1.165) is 12.8 Å². The molecule has 2 saturated heterocycles. The number of nitrogens with zero attached hydrogens (tertiary/aromatic N) is 4. The third-order valence-electron chi connectivity index (χ3n) is 7.18. The zero-order valence-corrected chi connectivity index (χ0v) is 19.7. The number of aryl methyl sites for hydroxylation is 1. The molecular weight excluding hydrogens is 476 g/mol. The molecule has 2 aliphatic heterocycles. The number of aromatic nitrogens is 3. The SMILES string of the molecule is Cc1ccc(-c2ncc(C(F)(F)F)cn2)c(C(=O)N2C3CC(C3)[C@@H](C)[C@H]2COc2ccc(F)cc2)n1. The predicted molar refractivity (Wildman–Crippen MR) is 123 cm³/mol. The molecule has 3 fully saturated rings. The molecule has 6 rings (SSSR count). The Bertz CT molecular complexity index is 1260. The minimum Gasteiger partial charge on any atom is -0.491 e. The van der Waals surface area contributed by atoms with E-state index in [1.165, 1.54) is 24.3 Å². The van der Waals surface area contributed by atoms with Gasteiger partial charge in [0.05, 0.1) is 17.2 Å². The Morgan fingerprint density at radius 2 is 1.75 bits per heavy atom. The number of fused-ring (bicyclic) bond motifs is 2. The predicted octanol–water partition coefficient (Wildman–Crippen LogP) is 5.32. The summed E-state index contributed by atoms with van der Waals surface area (Å²) in [4.78, 5) is 28.0. The summed E-state index contributed by atoms with van der Waals surface area (Å²) in [5, 5.41) is 0. The number of hydrogen-bond donors (Lipinski definition) is 0. The van der Waals surface area contributed by atoms with Gasteiger partial charge in [-0.05, 0) is 68.0 Å². The fourth-order valence-corrected chi connectivity index (χ4v) is 5.02. The number of rotatable bonds is 5. The molecule has 188 valence electrons. The summed E-state index contributed by atoms with van der Waals surface area (Å²) >= 11 is 0. The lowest BCUT2D eigenvalue weighted by atomic mass is 9.64. The monoisotopic (exact) mass is 500 g/mol. The van der Waals surface area contributed by atoms with Crippen LogP contribution in [0.3, 0.4) is 0 Å². The average Bonchev–Trinajstić information content (AvgIpc) is 2.82. The summed E-state index contributed by atoms with van der Waals surface area (Å²) in [7, 11) is 0. The molecule has 10 heteroatoms. The number of alkyl halides is 3. The van der Waals surface area contributed by atoms with Crippen LogP contribution in [0, 0.1) is 24.6 Å². The highest BCUT2D eigenvalue weighted by Gasteiger charge is 2.51. The van der Waals surface area contributed by atoms with Crippen LogP contribution in [-0.4, -0.2) is 44.4 Å². The van der Waals surface area contributed by atoms with E-state index in [4.69, 9.17) is 4.74 Å². The molecule has 0 unspecified atom stereocenters. The zero-order chi connectivity index (χ0) is 25.6. The van der Waals surface area contributed by atoms with Crippen LogP contribution in [0.25, 0.3) is 11.4 Å². The minimum atomic E-state index is -4.56. The molecule has 2 aromatic heterocycles. The van der Waals surface area contributed by atoms with E-state index >= 15 is 0 Å². The van der Waals surface area contributed by atoms with Crippen LogP contribution in [0.4, 0.5) is 17.6 Å². The van der Waals surface area contributed by atoms with E-state index in [9.17, 15) is 22.4 Å². The molecular formula is C26H24F4N4O2. The number of amides is 1. The molecule has 3 aliphatic rings. The van der Waals surface area contributed by atoms with Gasteiger partial charge >= 0.3 is 6.18 Å². The standard InChI is InChI=1S/C26H24F4N4O2/c1-14-3-8-21(24-31-11-17(12-32-24)26(28,29)30)23(33-14)25(35)34-19-9-16(10-19)15(2)22(34)13-36-20-6-4-18(27)5-7-20/h3-8,11-12,15-16,19,22H,9-10,13H2,1-2H3/t15-,16?,19?,22-/m1/s1. The van der Waals surface area contributed by atoms with Crippen LogP contribution in [0.5, 0.6) is 5.75 Å². The van der Waals surface area contributed by atoms with Crippen molar-refractivity contribution in [1.82, 2.24) is 19.9 Å². The van der Waals surface area contributed by atoms with E-state index in [2.05, 4.69) is 21.9 Å². The van der Waals surface area contributed by atoms with Crippen molar-refractivity contribution >= 4 is 5.91 Å². The minimum absolute atomic E-state index is 0.00509. The van der Waals surface area contributed by atoms with Crippen LogP contribution in [-0.2, 0) is 6.18 Å². The summed E-state index contributed by atoms with van der Waals surface area (Å²) < 4.78 is 58.1. The smallest absolute Gasteiger partial charge is 0.419 e. The molecule has 3 aromatic rings. The molecule has 1 saturated carbocycles. The third-order valence-corrected chi connectivity index (χ3v) is 7.18. The molecule has 4 heterocycles. The first-order valence-corrected chi connectivity index (χ1v) is 11.7. The van der Waals surface area contributed by atoms with Gasteiger partial charge in [-0.1, -0.05) is 6.92 Å². The van der Waals surface area contributed by atoms with Crippen LogP contribution in [0.2, 0.25) is 0 Å². The molecule has 6 nitrogen and oxygen atoms in total. The average molecular weight is 500 g/mol. The Labute approximate surface area is 205 Å². The normalized spacial score (nSPS) is 23.2. The van der Waals surface area contributed by atoms with Gasteiger partial charge in [-0.3, -0.25) is 4.79 Å². The lowest BCUT2D eigenvalue weighted by Gasteiger charge is -2.57. The summed E-state index contributed by atoms with van der Waals surface area (Å²) in [6.45, 7) is 4.05. The highest BCUT2D eigenvalue weighted by Crippen LogP contribution is 2.47. The van der Waals surface area contributed by atoms with Crippen LogP contribution >= 0.6 is 0 Å². The zero-order valence-electron chi connectivity index (χ0n) is 19.7. The number of ether oxygens (including phenoxy) is 1. The summed E-state index contributed by atoms with van der Waals surface area (Å²) in [5.41, 5.74) is -0.0158. The first-order chi connectivity index (χ1) is 17.1. The van der Waals surface area contributed by atoms with Crippen molar-refractivity contribution in [2.45, 2.75) is 44.9 Å². The number of pyridine rings is 1. The number of halogens is 4. The van der Waals surface area contributed by atoms with Crippen LogP contribution < -0.4 is 4.74 Å². The summed E-state index contributed by atoms with van der Waals surface area (Å²) in [6.07, 6.45) is -1.41.